The van der Waals surface area contributed by atoms with Crippen LogP contribution in [0.5, 0.6) is 5.75 Å². The first-order chi connectivity index (χ1) is 7.96. The van der Waals surface area contributed by atoms with Crippen LogP contribution in [0.1, 0.15) is 5.69 Å². The molecular weight excluding hydrogens is 228 g/mol. The molecule has 0 atom stereocenters. The molecule has 1 aliphatic rings. The summed E-state index contributed by atoms with van der Waals surface area (Å²) < 4.78 is 5.63. The van der Waals surface area contributed by atoms with Crippen LogP contribution < -0.4 is 9.64 Å². The molecule has 90 valence electrons. The first-order valence-electron chi connectivity index (χ1n) is 5.83. The highest BCUT2D eigenvalue weighted by Crippen LogP contribution is 2.29. The fourth-order valence-electron chi connectivity index (χ4n) is 1.56. The molecule has 0 spiro atoms. The van der Waals surface area contributed by atoms with Gasteiger partial charge in [-0.05, 0) is 0 Å². The minimum atomic E-state index is -1.34. The Hall–Kier alpha value is -1.47. The standard InChI is InChI=1S/C13H18N2OSi/c1-15-6-7-16-13-9-11(14-10-12(13)15)5-8-17(2,3)4/h9-10H,6-7H2,1-4H3. The molecule has 0 N–H and O–H groups in total. The van der Waals surface area contributed by atoms with Gasteiger partial charge >= 0.3 is 0 Å². The van der Waals surface area contributed by atoms with Crippen molar-refractivity contribution in [3.8, 4) is 17.2 Å². The van der Waals surface area contributed by atoms with E-state index in [9.17, 15) is 0 Å². The zero-order valence-corrected chi connectivity index (χ0v) is 11.9. The van der Waals surface area contributed by atoms with Crippen molar-refractivity contribution in [2.45, 2.75) is 19.6 Å². The van der Waals surface area contributed by atoms with Crippen LogP contribution in [-0.2, 0) is 0 Å². The van der Waals surface area contributed by atoms with Crippen molar-refractivity contribution in [1.82, 2.24) is 4.98 Å². The summed E-state index contributed by atoms with van der Waals surface area (Å²) in [6.45, 7) is 8.32. The average Bonchev–Trinajstić information content (AvgIpc) is 2.26. The smallest absolute Gasteiger partial charge is 0.147 e. The molecule has 0 saturated carbocycles. The number of anilines is 1. The molecule has 0 aromatic carbocycles. The van der Waals surface area contributed by atoms with E-state index in [1.54, 1.807) is 0 Å². The lowest BCUT2D eigenvalue weighted by Gasteiger charge is -2.27. The fourth-order valence-corrected chi connectivity index (χ4v) is 2.07. The fraction of sp³-hybridized carbons (Fsp3) is 0.462. The van der Waals surface area contributed by atoms with E-state index >= 15 is 0 Å². The highest BCUT2D eigenvalue weighted by molar-refractivity contribution is 6.83. The zero-order valence-electron chi connectivity index (χ0n) is 10.9. The van der Waals surface area contributed by atoms with E-state index in [0.29, 0.717) is 0 Å². The van der Waals surface area contributed by atoms with Gasteiger partial charge in [-0.2, -0.15) is 0 Å². The Balaban J connectivity index is 2.30. The van der Waals surface area contributed by atoms with Gasteiger partial charge in [-0.25, -0.2) is 4.98 Å². The van der Waals surface area contributed by atoms with E-state index in [4.69, 9.17) is 4.74 Å². The molecule has 0 unspecified atom stereocenters. The van der Waals surface area contributed by atoms with Crippen molar-refractivity contribution in [3.05, 3.63) is 18.0 Å². The van der Waals surface area contributed by atoms with Crippen LogP contribution in [0.25, 0.3) is 0 Å². The van der Waals surface area contributed by atoms with E-state index in [2.05, 4.69) is 48.0 Å². The maximum atomic E-state index is 5.63. The quantitative estimate of drug-likeness (QED) is 0.518. The number of likely N-dealkylation sites (N-methyl/N-ethyl adjacent to an activating group) is 1. The van der Waals surface area contributed by atoms with Crippen LogP contribution in [0.2, 0.25) is 19.6 Å². The monoisotopic (exact) mass is 246 g/mol. The second kappa shape index (κ2) is 4.42. The maximum Gasteiger partial charge on any atom is 0.147 e. The van der Waals surface area contributed by atoms with Crippen LogP contribution in [0.4, 0.5) is 5.69 Å². The third kappa shape index (κ3) is 3.01. The van der Waals surface area contributed by atoms with E-state index in [0.717, 1.165) is 30.3 Å². The zero-order chi connectivity index (χ0) is 12.5. The maximum absolute atomic E-state index is 5.63. The van der Waals surface area contributed by atoms with Gasteiger partial charge in [0.2, 0.25) is 0 Å². The van der Waals surface area contributed by atoms with Crippen molar-refractivity contribution < 1.29 is 4.74 Å². The summed E-state index contributed by atoms with van der Waals surface area (Å²) in [6, 6.07) is 1.94. The van der Waals surface area contributed by atoms with Crippen molar-refractivity contribution in [1.29, 1.82) is 0 Å². The lowest BCUT2D eigenvalue weighted by atomic mass is 10.2. The SMILES string of the molecule is CN1CCOc2cc(C#C[Si](C)(C)C)ncc21. The topological polar surface area (TPSA) is 25.4 Å². The van der Waals surface area contributed by atoms with Gasteiger partial charge in [0, 0.05) is 13.1 Å². The number of hydrogen-bond donors (Lipinski definition) is 0. The summed E-state index contributed by atoms with van der Waals surface area (Å²) >= 11 is 0. The van der Waals surface area contributed by atoms with Gasteiger partial charge in [0.05, 0.1) is 18.4 Å². The summed E-state index contributed by atoms with van der Waals surface area (Å²) in [5.74, 6) is 4.05. The summed E-state index contributed by atoms with van der Waals surface area (Å²) in [6.07, 6.45) is 1.85. The normalized spacial score (nSPS) is 14.5. The molecule has 0 saturated heterocycles. The van der Waals surface area contributed by atoms with Gasteiger partial charge in [0.25, 0.3) is 0 Å². The molecule has 1 aliphatic heterocycles. The van der Waals surface area contributed by atoms with Crippen LogP contribution >= 0.6 is 0 Å². The first kappa shape index (κ1) is 12.0. The molecule has 0 fully saturated rings. The van der Waals surface area contributed by atoms with E-state index in [-0.39, 0.29) is 0 Å². The van der Waals surface area contributed by atoms with Crippen LogP contribution in [0, 0.1) is 11.5 Å². The van der Waals surface area contributed by atoms with Gasteiger partial charge in [-0.15, -0.1) is 5.54 Å². The first-order valence-corrected chi connectivity index (χ1v) is 9.33. The van der Waals surface area contributed by atoms with E-state index in [1.807, 2.05) is 12.3 Å². The van der Waals surface area contributed by atoms with Gasteiger partial charge in [0.1, 0.15) is 26.1 Å². The summed E-state index contributed by atoms with van der Waals surface area (Å²) in [7, 11) is 0.711. The molecule has 4 heteroatoms. The Morgan fingerprint density at radius 3 is 2.88 bits per heavy atom. The van der Waals surface area contributed by atoms with E-state index in [1.165, 1.54) is 0 Å². The van der Waals surface area contributed by atoms with Crippen LogP contribution in [-0.4, -0.2) is 33.3 Å². The van der Waals surface area contributed by atoms with E-state index < -0.39 is 8.07 Å². The lowest BCUT2D eigenvalue weighted by Crippen LogP contribution is -2.28. The number of pyridine rings is 1. The third-order valence-corrected chi connectivity index (χ3v) is 3.38. The molecule has 3 nitrogen and oxygen atoms in total. The largest absolute Gasteiger partial charge is 0.489 e. The molecule has 2 rings (SSSR count). The number of nitrogens with zero attached hydrogens (tertiary/aromatic N) is 2. The molecule has 1 aromatic rings. The molecule has 17 heavy (non-hydrogen) atoms. The van der Waals surface area contributed by atoms with Gasteiger partial charge < -0.3 is 9.64 Å². The Morgan fingerprint density at radius 2 is 2.18 bits per heavy atom. The van der Waals surface area contributed by atoms with Gasteiger partial charge in [0.15, 0.2) is 0 Å². The number of aromatic nitrogens is 1. The van der Waals surface area contributed by atoms with Crippen LogP contribution in [0.15, 0.2) is 12.3 Å². The average molecular weight is 246 g/mol. The molecule has 2 heterocycles. The Bertz CT molecular complexity index is 482. The summed E-state index contributed by atoms with van der Waals surface area (Å²) in [5, 5.41) is 0. The molecule has 0 amide bonds. The van der Waals surface area contributed by atoms with Gasteiger partial charge in [-0.1, -0.05) is 25.6 Å². The predicted molar refractivity (Wildman–Crippen MR) is 73.2 cm³/mol. The van der Waals surface area contributed by atoms with Crippen molar-refractivity contribution >= 4 is 13.8 Å². The minimum absolute atomic E-state index is 0.731. The lowest BCUT2D eigenvalue weighted by molar-refractivity contribution is 0.310. The molecular formula is C13H18N2OSi. The third-order valence-electron chi connectivity index (χ3n) is 2.51. The van der Waals surface area contributed by atoms with Crippen molar-refractivity contribution in [2.75, 3.05) is 25.1 Å². The Morgan fingerprint density at radius 1 is 1.41 bits per heavy atom. The van der Waals surface area contributed by atoms with Gasteiger partial charge in [-0.3, -0.25) is 0 Å². The molecule has 0 aliphatic carbocycles. The van der Waals surface area contributed by atoms with Crippen LogP contribution in [0.3, 0.4) is 0 Å². The highest BCUT2D eigenvalue weighted by atomic mass is 28.3. The summed E-state index contributed by atoms with van der Waals surface area (Å²) in [4.78, 5) is 6.53. The highest BCUT2D eigenvalue weighted by Gasteiger charge is 2.15. The molecule has 1 aromatic heterocycles. The number of ether oxygens (including phenoxy) is 1. The predicted octanol–water partition coefficient (Wildman–Crippen LogP) is 2.14. The number of hydrogen-bond acceptors (Lipinski definition) is 3. The van der Waals surface area contributed by atoms with Crippen molar-refractivity contribution in [2.24, 2.45) is 0 Å². The number of rotatable bonds is 0. The second-order valence-electron chi connectivity index (χ2n) is 5.31. The Kier molecular flexibility index (Phi) is 3.12. The van der Waals surface area contributed by atoms with Crippen molar-refractivity contribution in [3.63, 3.8) is 0 Å². The molecule has 0 radical (unpaired) electrons. The Labute approximate surface area is 104 Å². The second-order valence-corrected chi connectivity index (χ2v) is 10.1. The minimum Gasteiger partial charge on any atom is -0.489 e. The number of fused-ring (bicyclic) bond motifs is 1. The molecule has 0 bridgehead atoms. The summed E-state index contributed by atoms with van der Waals surface area (Å²) in [5.41, 5.74) is 5.17.